The lowest BCUT2D eigenvalue weighted by Crippen LogP contribution is -2.01. The molecule has 1 rings (SSSR count). The average molecular weight is 143 g/mol. The molecule has 10 heavy (non-hydrogen) atoms. The van der Waals surface area contributed by atoms with Gasteiger partial charge in [-0.1, -0.05) is 12.1 Å². The Balaban J connectivity index is 3.56. The summed E-state index contributed by atoms with van der Waals surface area (Å²) in [5.41, 5.74) is -0.906. The van der Waals surface area contributed by atoms with E-state index in [-0.39, 0.29) is 0 Å². The second kappa shape index (κ2) is 2.52. The van der Waals surface area contributed by atoms with E-state index in [1.54, 1.807) is 0 Å². The van der Waals surface area contributed by atoms with Crippen molar-refractivity contribution in [1.82, 2.24) is 0 Å². The third kappa shape index (κ3) is 1.16. The van der Waals surface area contributed by atoms with Gasteiger partial charge in [-0.15, -0.1) is 0 Å². The topological polar surface area (TPSA) is 37.3 Å². The number of aliphatic hydroxyl groups is 1. The zero-order chi connectivity index (χ0) is 13.5. The number of carbonyl (C=O) groups is 1. The third-order valence-corrected chi connectivity index (χ3v) is 0.890. The second-order valence-corrected chi connectivity index (χ2v) is 1.55. The number of hydrogen-bond acceptors (Lipinski definition) is 2. The second-order valence-electron chi connectivity index (χ2n) is 1.55. The van der Waals surface area contributed by atoms with Gasteiger partial charge < -0.3 is 5.11 Å². The minimum atomic E-state index is -3.00. The molecule has 2 heteroatoms. The van der Waals surface area contributed by atoms with Crippen molar-refractivity contribution in [1.29, 1.82) is 0 Å². The highest BCUT2D eigenvalue weighted by atomic mass is 16.3. The van der Waals surface area contributed by atoms with Crippen molar-refractivity contribution >= 4 is 5.78 Å². The molecule has 0 aromatic carbocycles. The van der Waals surface area contributed by atoms with E-state index in [9.17, 15) is 9.90 Å². The number of ketones is 1. The zero-order valence-electron chi connectivity index (χ0n) is 11.9. The lowest BCUT2D eigenvalue weighted by Gasteiger charge is -2.00. The maximum atomic E-state index is 11.5. The Hall–Kier alpha value is -1.31. The van der Waals surface area contributed by atoms with Crippen LogP contribution in [0.4, 0.5) is 0 Å². The highest BCUT2D eigenvalue weighted by Gasteiger charge is 2.07. The Bertz CT molecular complexity index is 481. The molecule has 1 aliphatic rings. The quantitative estimate of drug-likeness (QED) is 0.412. The summed E-state index contributed by atoms with van der Waals surface area (Å²) in [7, 11) is 0. The van der Waals surface area contributed by atoms with Crippen LogP contribution >= 0.6 is 0 Å². The van der Waals surface area contributed by atoms with Crippen LogP contribution in [0.1, 0.15) is 16.4 Å². The first-order chi connectivity index (χ1) is 7.59. The molecule has 0 aromatic heterocycles. The minimum Gasteiger partial charge on any atom is -0.512 e. The van der Waals surface area contributed by atoms with Crippen molar-refractivity contribution in [2.75, 3.05) is 0 Å². The summed E-state index contributed by atoms with van der Waals surface area (Å²) in [6, 6.07) is -3.29. The maximum Gasteiger partial charge on any atom is 0.189 e. The third-order valence-electron chi connectivity index (χ3n) is 0.890. The Labute approximate surface area is 69.0 Å². The van der Waals surface area contributed by atoms with Crippen molar-refractivity contribution in [2.24, 2.45) is 0 Å². The average Bonchev–Trinajstić information content (AvgIpc) is 2.22. The molecule has 0 aromatic rings. The number of allylic oxidation sites excluding steroid dienone is 6. The van der Waals surface area contributed by atoms with Gasteiger partial charge in [0.25, 0.3) is 0 Å². The highest BCUT2D eigenvalue weighted by Crippen LogP contribution is 2.09. The van der Waals surface area contributed by atoms with E-state index in [0.717, 1.165) is 0 Å². The molecule has 0 bridgehead atoms. The zero-order valence-corrected chi connectivity index (χ0v) is 4.86. The van der Waals surface area contributed by atoms with Crippen LogP contribution in [0.15, 0.2) is 35.5 Å². The molecule has 1 aliphatic carbocycles. The molecular formula is C8H8O2. The predicted octanol–water partition coefficient (Wildman–Crippen LogP) is 1.51. The molecule has 0 amide bonds. The Morgan fingerprint density at radius 3 is 3.10 bits per heavy atom. The van der Waals surface area contributed by atoms with Gasteiger partial charge in [0.15, 0.2) is 5.78 Å². The molecule has 1 N–H and O–H groups in total. The van der Waals surface area contributed by atoms with E-state index in [4.69, 9.17) is 9.60 Å². The molecule has 0 saturated heterocycles. The van der Waals surface area contributed by atoms with Crippen molar-refractivity contribution in [3.8, 4) is 0 Å². The van der Waals surface area contributed by atoms with E-state index in [0.29, 0.717) is 0 Å². The molecule has 2 nitrogen and oxygen atoms in total. The van der Waals surface area contributed by atoms with Crippen LogP contribution in [0, 0.1) is 0 Å². The summed E-state index contributed by atoms with van der Waals surface area (Å²) in [5.74, 6) is -2.56. The van der Waals surface area contributed by atoms with Crippen molar-refractivity contribution in [3.05, 3.63) is 35.5 Å². The Kier molecular flexibility index (Phi) is 0.526. The molecule has 0 heterocycles. The Morgan fingerprint density at radius 1 is 1.70 bits per heavy atom. The summed E-state index contributed by atoms with van der Waals surface area (Å²) in [5, 5.41) is 9.36. The number of hydrogen-bond donors (Lipinski definition) is 1. The fourth-order valence-electron chi connectivity index (χ4n) is 0.468. The van der Waals surface area contributed by atoms with E-state index >= 15 is 0 Å². The van der Waals surface area contributed by atoms with Gasteiger partial charge >= 0.3 is 0 Å². The van der Waals surface area contributed by atoms with Crippen molar-refractivity contribution < 1.29 is 19.5 Å². The van der Waals surface area contributed by atoms with Gasteiger partial charge in [-0.2, -0.15) is 0 Å². The first-order valence-corrected chi connectivity index (χ1v) is 2.43. The van der Waals surface area contributed by atoms with Crippen LogP contribution in [-0.2, 0) is 4.79 Å². The monoisotopic (exact) mass is 143 g/mol. The molecule has 0 aliphatic heterocycles. The molecule has 0 spiro atoms. The predicted molar refractivity (Wildman–Crippen MR) is 38.6 cm³/mol. The van der Waals surface area contributed by atoms with Crippen LogP contribution in [0.3, 0.4) is 0 Å². The van der Waals surface area contributed by atoms with Crippen LogP contribution in [0.5, 0.6) is 0 Å². The summed E-state index contributed by atoms with van der Waals surface area (Å²) < 4.78 is 49.8. The van der Waals surface area contributed by atoms with E-state index in [2.05, 4.69) is 0 Å². The van der Waals surface area contributed by atoms with E-state index in [1.807, 2.05) is 0 Å². The van der Waals surface area contributed by atoms with Crippen molar-refractivity contribution in [3.63, 3.8) is 0 Å². The smallest absolute Gasteiger partial charge is 0.189 e. The van der Waals surface area contributed by atoms with Gasteiger partial charge in [0, 0.05) is 4.11 Å². The molecule has 52 valence electrons. The molecule has 0 fully saturated rings. The minimum absolute atomic E-state index is 0.762. The number of rotatable bonds is 0. The summed E-state index contributed by atoms with van der Waals surface area (Å²) in [4.78, 5) is 11.5. The standard InChI is InChI=1S/C8H8O2/c1-6(9)7-4-2-3-5-8(7)10/h2-5,9H,1H3/b7-6+/i1D3,2D,3D,4D,5D. The molecule has 0 atom stereocenters. The summed E-state index contributed by atoms with van der Waals surface area (Å²) in [6.07, 6.45) is 0. The normalized spacial score (nSPS) is 36.8. The van der Waals surface area contributed by atoms with Gasteiger partial charge in [0.1, 0.15) is 5.76 Å². The number of carbonyl (C=O) groups excluding carboxylic acids is 1. The maximum absolute atomic E-state index is 11.5. The van der Waals surface area contributed by atoms with Crippen LogP contribution in [0.2, 0.25) is 0 Å². The molecule has 0 saturated carbocycles. The van der Waals surface area contributed by atoms with Gasteiger partial charge in [0.2, 0.25) is 0 Å². The van der Waals surface area contributed by atoms with Crippen LogP contribution in [-0.4, -0.2) is 10.9 Å². The number of aliphatic hydroxyl groups excluding tert-OH is 1. The molecular weight excluding hydrogens is 128 g/mol. The lowest BCUT2D eigenvalue weighted by atomic mass is 10.1. The Morgan fingerprint density at radius 2 is 2.40 bits per heavy atom. The summed E-state index contributed by atoms with van der Waals surface area (Å²) in [6.45, 7) is -3.00. The van der Waals surface area contributed by atoms with Gasteiger partial charge in [-0.05, 0) is 19.0 Å². The fourth-order valence-corrected chi connectivity index (χ4v) is 0.468. The van der Waals surface area contributed by atoms with E-state index < -0.39 is 48.2 Å². The highest BCUT2D eigenvalue weighted by molar-refractivity contribution is 6.07. The van der Waals surface area contributed by atoms with Crippen LogP contribution in [0.25, 0.3) is 0 Å². The van der Waals surface area contributed by atoms with E-state index in [1.165, 1.54) is 0 Å². The molecule has 0 unspecified atom stereocenters. The first kappa shape index (κ1) is 2.09. The van der Waals surface area contributed by atoms with Crippen molar-refractivity contribution in [2.45, 2.75) is 6.85 Å². The van der Waals surface area contributed by atoms with Gasteiger partial charge in [-0.25, -0.2) is 0 Å². The fraction of sp³-hybridized carbons (Fsp3) is 0.125. The molecule has 0 radical (unpaired) electrons. The van der Waals surface area contributed by atoms with Gasteiger partial charge in [0.05, 0.1) is 11.1 Å². The summed E-state index contributed by atoms with van der Waals surface area (Å²) >= 11 is 0. The largest absolute Gasteiger partial charge is 0.512 e. The first-order valence-electron chi connectivity index (χ1n) is 5.93. The SMILES string of the molecule is [2H]C1=C([2H])C([2H])=C([2H])/C(=C(\O)C([2H])([2H])[2H])C1=O. The van der Waals surface area contributed by atoms with Gasteiger partial charge in [-0.3, -0.25) is 4.79 Å². The van der Waals surface area contributed by atoms with Crippen LogP contribution < -0.4 is 0 Å². The lowest BCUT2D eigenvalue weighted by molar-refractivity contribution is -0.111.